The fourth-order valence-corrected chi connectivity index (χ4v) is 0.911. The van der Waals surface area contributed by atoms with E-state index >= 15 is 0 Å². The summed E-state index contributed by atoms with van der Waals surface area (Å²) in [4.78, 5) is 10.9. The van der Waals surface area contributed by atoms with Gasteiger partial charge in [0.2, 0.25) is 5.91 Å². The maximum Gasteiger partial charge on any atom is 0.587 e. The van der Waals surface area contributed by atoms with E-state index in [1.807, 2.05) is 35.6 Å². The minimum atomic E-state index is -1.82. The molecule has 0 spiro atoms. The summed E-state index contributed by atoms with van der Waals surface area (Å²) in [6.07, 6.45) is 2.81. The van der Waals surface area contributed by atoms with Crippen LogP contribution in [-0.2, 0) is 4.79 Å². The van der Waals surface area contributed by atoms with E-state index in [9.17, 15) is 4.79 Å². The van der Waals surface area contributed by atoms with E-state index in [1.54, 1.807) is 6.08 Å². The van der Waals surface area contributed by atoms with Crippen LogP contribution in [0.4, 0.5) is 0 Å². The van der Waals surface area contributed by atoms with Gasteiger partial charge >= 0.3 is 7.25 Å². The van der Waals surface area contributed by atoms with Gasteiger partial charge in [0.05, 0.1) is 0 Å². The fourth-order valence-electron chi connectivity index (χ4n) is 0.911. The molecule has 0 aliphatic rings. The average molecular weight is 191 g/mol. The lowest BCUT2D eigenvalue weighted by molar-refractivity contribution is -0.115. The summed E-state index contributed by atoms with van der Waals surface area (Å²) in [5.74, 6) is -0.552. The molecule has 0 aliphatic carbocycles. The van der Waals surface area contributed by atoms with Gasteiger partial charge in [-0.25, -0.2) is 0 Å². The van der Waals surface area contributed by atoms with Gasteiger partial charge in [-0.15, -0.1) is 0 Å². The van der Waals surface area contributed by atoms with Gasteiger partial charge in [-0.1, -0.05) is 30.3 Å². The monoisotopic (exact) mass is 191 g/mol. The number of carbonyl (C=O) groups is 1. The van der Waals surface area contributed by atoms with Crippen molar-refractivity contribution in [2.45, 2.75) is 0 Å². The molecule has 0 radical (unpaired) electrons. The number of rotatable bonds is 3. The van der Waals surface area contributed by atoms with Crippen LogP contribution < -0.4 is 5.23 Å². The third-order valence-electron chi connectivity index (χ3n) is 1.50. The molecule has 3 N–H and O–H groups in total. The molecule has 0 aliphatic heterocycles. The Balaban J connectivity index is 2.52. The highest BCUT2D eigenvalue weighted by molar-refractivity contribution is 6.42. The van der Waals surface area contributed by atoms with Gasteiger partial charge in [-0.05, 0) is 11.6 Å². The molecule has 0 aromatic heterocycles. The Morgan fingerprint density at radius 2 is 1.93 bits per heavy atom. The molecule has 5 heteroatoms. The van der Waals surface area contributed by atoms with Crippen LogP contribution in [0.25, 0.3) is 6.08 Å². The minimum absolute atomic E-state index is 0.552. The molecule has 1 aromatic carbocycles. The highest BCUT2D eigenvalue weighted by atomic mass is 16.4. The Morgan fingerprint density at radius 1 is 1.29 bits per heavy atom. The van der Waals surface area contributed by atoms with Crippen molar-refractivity contribution < 1.29 is 14.8 Å². The van der Waals surface area contributed by atoms with Gasteiger partial charge in [0, 0.05) is 6.08 Å². The zero-order chi connectivity index (χ0) is 10.4. The van der Waals surface area contributed by atoms with Crippen LogP contribution in [0.1, 0.15) is 5.56 Å². The molecule has 72 valence electrons. The number of hydrogen-bond donors (Lipinski definition) is 3. The molecule has 1 amide bonds. The number of carbonyl (C=O) groups excluding carboxylic acids is 1. The molecule has 0 fully saturated rings. The molecule has 1 aromatic rings. The highest BCUT2D eigenvalue weighted by Gasteiger charge is 2.08. The molecule has 0 saturated heterocycles. The molecule has 0 atom stereocenters. The molecule has 4 nitrogen and oxygen atoms in total. The Bertz CT molecular complexity index is 324. The van der Waals surface area contributed by atoms with E-state index in [2.05, 4.69) is 0 Å². The number of nitrogens with one attached hydrogen (secondary N) is 1. The van der Waals surface area contributed by atoms with Crippen LogP contribution in [0.3, 0.4) is 0 Å². The molecule has 1 rings (SSSR count). The van der Waals surface area contributed by atoms with Gasteiger partial charge in [0.15, 0.2) is 0 Å². The molecule has 0 unspecified atom stereocenters. The molecular weight excluding hydrogens is 181 g/mol. The SMILES string of the molecule is O=C(C=Cc1ccccc1)NB(O)O. The largest absolute Gasteiger partial charge is 0.587 e. The summed E-state index contributed by atoms with van der Waals surface area (Å²) in [6.45, 7) is 0. The van der Waals surface area contributed by atoms with Crippen LogP contribution in [0.2, 0.25) is 0 Å². The smallest absolute Gasteiger partial charge is 0.408 e. The maximum atomic E-state index is 10.9. The Kier molecular flexibility index (Phi) is 3.91. The van der Waals surface area contributed by atoms with E-state index in [4.69, 9.17) is 10.0 Å². The summed E-state index contributed by atoms with van der Waals surface area (Å²) in [6, 6.07) is 9.23. The maximum absolute atomic E-state index is 10.9. The van der Waals surface area contributed by atoms with E-state index in [0.717, 1.165) is 5.56 Å². The molecule has 14 heavy (non-hydrogen) atoms. The van der Waals surface area contributed by atoms with Crippen molar-refractivity contribution in [1.82, 2.24) is 5.23 Å². The van der Waals surface area contributed by atoms with Crippen molar-refractivity contribution in [2.24, 2.45) is 0 Å². The highest BCUT2D eigenvalue weighted by Crippen LogP contribution is 2.00. The van der Waals surface area contributed by atoms with Crippen molar-refractivity contribution in [3.05, 3.63) is 42.0 Å². The second-order valence-corrected chi connectivity index (χ2v) is 2.63. The van der Waals surface area contributed by atoms with E-state index in [0.29, 0.717) is 0 Å². The number of amides is 1. The standard InChI is InChI=1S/C9H10BNO3/c12-9(11-10(13)14)7-6-8-4-2-1-3-5-8/h1-7,13-14H,(H,11,12). The zero-order valence-corrected chi connectivity index (χ0v) is 7.42. The van der Waals surface area contributed by atoms with Crippen LogP contribution in [0, 0.1) is 0 Å². The molecule has 0 bridgehead atoms. The van der Waals surface area contributed by atoms with Crippen LogP contribution >= 0.6 is 0 Å². The van der Waals surface area contributed by atoms with E-state index in [-0.39, 0.29) is 0 Å². The van der Waals surface area contributed by atoms with Crippen molar-refractivity contribution >= 4 is 19.2 Å². The minimum Gasteiger partial charge on any atom is -0.408 e. The van der Waals surface area contributed by atoms with Crippen LogP contribution in [0.15, 0.2) is 36.4 Å². The van der Waals surface area contributed by atoms with Gasteiger partial charge in [0.25, 0.3) is 0 Å². The fraction of sp³-hybridized carbons (Fsp3) is 0. The Labute approximate surface area is 82.1 Å². The third-order valence-corrected chi connectivity index (χ3v) is 1.50. The van der Waals surface area contributed by atoms with Crippen molar-refractivity contribution in [1.29, 1.82) is 0 Å². The first kappa shape index (κ1) is 10.5. The normalized spacial score (nSPS) is 10.1. The second kappa shape index (κ2) is 5.21. The molecular formula is C9H10BNO3. The number of hydrogen-bond acceptors (Lipinski definition) is 3. The lowest BCUT2D eigenvalue weighted by Gasteiger charge is -1.97. The van der Waals surface area contributed by atoms with Crippen molar-refractivity contribution in [3.63, 3.8) is 0 Å². The second-order valence-electron chi connectivity index (χ2n) is 2.63. The third kappa shape index (κ3) is 3.89. The lowest BCUT2D eigenvalue weighted by Crippen LogP contribution is -2.37. The lowest BCUT2D eigenvalue weighted by atomic mass is 10.1. The quantitative estimate of drug-likeness (QED) is 0.457. The zero-order valence-electron chi connectivity index (χ0n) is 7.42. The Morgan fingerprint density at radius 3 is 2.50 bits per heavy atom. The predicted octanol–water partition coefficient (Wildman–Crippen LogP) is -0.214. The van der Waals surface area contributed by atoms with Gasteiger partial charge in [-0.3, -0.25) is 4.79 Å². The first-order valence-electron chi connectivity index (χ1n) is 4.08. The number of benzene rings is 1. The summed E-state index contributed by atoms with van der Waals surface area (Å²) < 4.78 is 0. The first-order valence-corrected chi connectivity index (χ1v) is 4.08. The first-order chi connectivity index (χ1) is 6.68. The van der Waals surface area contributed by atoms with Crippen LogP contribution in [-0.4, -0.2) is 23.2 Å². The topological polar surface area (TPSA) is 69.6 Å². The summed E-state index contributed by atoms with van der Waals surface area (Å²) in [5, 5.41) is 18.7. The van der Waals surface area contributed by atoms with Gasteiger partial charge in [-0.2, -0.15) is 0 Å². The predicted molar refractivity (Wildman–Crippen MR) is 53.8 cm³/mol. The summed E-state index contributed by atoms with van der Waals surface area (Å²) in [7, 11) is -1.82. The van der Waals surface area contributed by atoms with E-state index in [1.165, 1.54) is 6.08 Å². The Hall–Kier alpha value is -1.59. The van der Waals surface area contributed by atoms with E-state index < -0.39 is 13.2 Å². The molecule has 0 saturated carbocycles. The summed E-state index contributed by atoms with van der Waals surface area (Å²) >= 11 is 0. The summed E-state index contributed by atoms with van der Waals surface area (Å²) in [5.41, 5.74) is 0.870. The van der Waals surface area contributed by atoms with Crippen molar-refractivity contribution in [2.75, 3.05) is 0 Å². The van der Waals surface area contributed by atoms with Crippen LogP contribution in [0.5, 0.6) is 0 Å². The van der Waals surface area contributed by atoms with Gasteiger partial charge < -0.3 is 15.3 Å². The molecule has 0 heterocycles. The van der Waals surface area contributed by atoms with Gasteiger partial charge in [0.1, 0.15) is 0 Å². The average Bonchev–Trinajstić information content (AvgIpc) is 2.15. The van der Waals surface area contributed by atoms with Crippen molar-refractivity contribution in [3.8, 4) is 0 Å².